The number of piperazine rings is 1. The van der Waals surface area contributed by atoms with Crippen molar-refractivity contribution in [2.24, 2.45) is 5.92 Å². The third-order valence-corrected chi connectivity index (χ3v) is 6.44. The second-order valence-electron chi connectivity index (χ2n) is 8.47. The van der Waals surface area contributed by atoms with E-state index in [1.165, 1.54) is 0 Å². The van der Waals surface area contributed by atoms with Gasteiger partial charge in [0, 0.05) is 37.8 Å². The van der Waals surface area contributed by atoms with Gasteiger partial charge >= 0.3 is 6.03 Å². The Kier molecular flexibility index (Phi) is 4.96. The van der Waals surface area contributed by atoms with Crippen molar-refractivity contribution in [1.82, 2.24) is 15.5 Å². The first-order valence-corrected chi connectivity index (χ1v) is 10.2. The molecule has 29 heavy (non-hydrogen) atoms. The summed E-state index contributed by atoms with van der Waals surface area (Å²) in [6.07, 6.45) is 2.33. The normalized spacial score (nSPS) is 27.1. The molecule has 1 aromatic carbocycles. The molecule has 3 aliphatic rings. The van der Waals surface area contributed by atoms with E-state index in [-0.39, 0.29) is 36.0 Å². The van der Waals surface area contributed by atoms with E-state index in [0.29, 0.717) is 31.6 Å². The van der Waals surface area contributed by atoms with Crippen LogP contribution in [0.5, 0.6) is 0 Å². The topological polar surface area (TPSA) is 81.8 Å². The van der Waals surface area contributed by atoms with E-state index in [4.69, 9.17) is 0 Å². The Hall–Kier alpha value is -2.64. The number of hydrogen-bond acceptors (Lipinski definition) is 4. The summed E-state index contributed by atoms with van der Waals surface area (Å²) in [5.41, 5.74) is 0.508. The van der Waals surface area contributed by atoms with Gasteiger partial charge in [-0.05, 0) is 56.7 Å². The van der Waals surface area contributed by atoms with Crippen LogP contribution in [0.3, 0.4) is 0 Å². The summed E-state index contributed by atoms with van der Waals surface area (Å²) < 4.78 is 13.9. The molecule has 0 aromatic heterocycles. The van der Waals surface area contributed by atoms with E-state index < -0.39 is 11.6 Å². The van der Waals surface area contributed by atoms with Crippen molar-refractivity contribution in [2.45, 2.75) is 51.1 Å². The van der Waals surface area contributed by atoms with Gasteiger partial charge in [-0.3, -0.25) is 14.9 Å². The minimum absolute atomic E-state index is 0.0134. The number of carbonyl (C=O) groups excluding carboxylic acids is 3. The van der Waals surface area contributed by atoms with Crippen LogP contribution in [0, 0.1) is 18.7 Å². The minimum Gasteiger partial charge on any atom is -0.365 e. The van der Waals surface area contributed by atoms with E-state index in [0.717, 1.165) is 18.5 Å². The van der Waals surface area contributed by atoms with Gasteiger partial charge < -0.3 is 15.1 Å². The molecule has 2 N–H and O–H groups in total. The summed E-state index contributed by atoms with van der Waals surface area (Å²) >= 11 is 0. The first-order valence-electron chi connectivity index (χ1n) is 10.2. The lowest BCUT2D eigenvalue weighted by Gasteiger charge is -2.41. The lowest BCUT2D eigenvalue weighted by Crippen LogP contribution is -2.54. The van der Waals surface area contributed by atoms with Gasteiger partial charge in [0.25, 0.3) is 5.91 Å². The third kappa shape index (κ3) is 3.68. The molecule has 2 saturated heterocycles. The molecule has 1 unspecified atom stereocenters. The molecule has 0 spiro atoms. The van der Waals surface area contributed by atoms with Crippen molar-refractivity contribution < 1.29 is 18.8 Å². The molecule has 0 radical (unpaired) electrons. The van der Waals surface area contributed by atoms with Crippen molar-refractivity contribution in [1.29, 1.82) is 0 Å². The molecule has 7 nitrogen and oxygen atoms in total. The molecule has 4 rings (SSSR count). The van der Waals surface area contributed by atoms with Gasteiger partial charge in [0.05, 0.1) is 0 Å². The number of imide groups is 1. The lowest BCUT2D eigenvalue weighted by molar-refractivity contribution is -0.133. The number of nitrogens with zero attached hydrogens (tertiary/aromatic N) is 2. The number of amides is 4. The number of halogens is 1. The molecular weight excluding hydrogens is 375 g/mol. The number of benzene rings is 1. The van der Waals surface area contributed by atoms with Gasteiger partial charge in [0.1, 0.15) is 11.4 Å². The highest BCUT2D eigenvalue weighted by atomic mass is 19.1. The monoisotopic (exact) mass is 402 g/mol. The molecule has 2 atom stereocenters. The van der Waals surface area contributed by atoms with Crippen LogP contribution in [0.4, 0.5) is 14.9 Å². The van der Waals surface area contributed by atoms with E-state index in [9.17, 15) is 18.8 Å². The fourth-order valence-electron chi connectivity index (χ4n) is 4.54. The van der Waals surface area contributed by atoms with Crippen molar-refractivity contribution >= 4 is 23.5 Å². The first-order chi connectivity index (χ1) is 13.8. The van der Waals surface area contributed by atoms with Gasteiger partial charge in [-0.1, -0.05) is 6.07 Å². The van der Waals surface area contributed by atoms with Crippen LogP contribution in [0.2, 0.25) is 0 Å². The summed E-state index contributed by atoms with van der Waals surface area (Å²) in [7, 11) is 0. The van der Waals surface area contributed by atoms with Crippen molar-refractivity contribution in [3.8, 4) is 0 Å². The van der Waals surface area contributed by atoms with Crippen LogP contribution in [0.15, 0.2) is 18.2 Å². The van der Waals surface area contributed by atoms with Crippen LogP contribution in [-0.4, -0.2) is 54.0 Å². The summed E-state index contributed by atoms with van der Waals surface area (Å²) in [5.74, 6) is -0.428. The van der Waals surface area contributed by atoms with Crippen LogP contribution < -0.4 is 15.5 Å². The molecule has 4 amide bonds. The van der Waals surface area contributed by atoms with Gasteiger partial charge in [-0.25, -0.2) is 9.18 Å². The fourth-order valence-corrected chi connectivity index (χ4v) is 4.54. The summed E-state index contributed by atoms with van der Waals surface area (Å²) in [5, 5.41) is 5.09. The van der Waals surface area contributed by atoms with Gasteiger partial charge in [-0.15, -0.1) is 0 Å². The molecule has 0 bridgehead atoms. The number of hydrogen-bond donors (Lipinski definition) is 2. The lowest BCUT2D eigenvalue weighted by atomic mass is 9.87. The number of nitrogens with one attached hydrogen (secondary N) is 2. The number of aryl methyl sites for hydroxylation is 1. The van der Waals surface area contributed by atoms with Crippen LogP contribution in [0.25, 0.3) is 0 Å². The highest BCUT2D eigenvalue weighted by Crippen LogP contribution is 2.43. The average Bonchev–Trinajstić information content (AvgIpc) is 3.48. The molecule has 1 saturated carbocycles. The fraction of sp³-hybridized carbons (Fsp3) is 0.571. The number of urea groups is 1. The van der Waals surface area contributed by atoms with E-state index in [1.54, 1.807) is 24.0 Å². The molecule has 3 fully saturated rings. The van der Waals surface area contributed by atoms with Crippen molar-refractivity contribution in [2.75, 3.05) is 24.5 Å². The van der Waals surface area contributed by atoms with Gasteiger partial charge in [-0.2, -0.15) is 0 Å². The predicted molar refractivity (Wildman–Crippen MR) is 106 cm³/mol. The molecule has 156 valence electrons. The Labute approximate surface area is 169 Å². The first kappa shape index (κ1) is 19.7. The van der Waals surface area contributed by atoms with Crippen LogP contribution >= 0.6 is 0 Å². The molecule has 1 aliphatic carbocycles. The second kappa shape index (κ2) is 7.31. The summed E-state index contributed by atoms with van der Waals surface area (Å²) in [6.45, 7) is 5.48. The minimum atomic E-state index is -0.931. The maximum absolute atomic E-state index is 13.9. The molecule has 8 heteroatoms. The molecule has 2 aliphatic heterocycles. The van der Waals surface area contributed by atoms with Crippen LogP contribution in [0.1, 0.15) is 38.2 Å². The third-order valence-electron chi connectivity index (χ3n) is 6.44. The van der Waals surface area contributed by atoms with E-state index >= 15 is 0 Å². The van der Waals surface area contributed by atoms with Crippen molar-refractivity contribution in [3.63, 3.8) is 0 Å². The zero-order chi connectivity index (χ0) is 20.8. The zero-order valence-corrected chi connectivity index (χ0v) is 16.8. The Morgan fingerprint density at radius 2 is 2.03 bits per heavy atom. The molecule has 2 heterocycles. The van der Waals surface area contributed by atoms with Gasteiger partial charge in [0.15, 0.2) is 0 Å². The Morgan fingerprint density at radius 3 is 2.62 bits per heavy atom. The second-order valence-corrected chi connectivity index (χ2v) is 8.47. The van der Waals surface area contributed by atoms with Crippen LogP contribution in [-0.2, 0) is 9.59 Å². The quantitative estimate of drug-likeness (QED) is 0.738. The van der Waals surface area contributed by atoms with E-state index in [1.807, 2.05) is 13.0 Å². The standard InChI is InChI=1S/C21H27FN4O3/c1-13-3-6-16(11-17(13)22)26-10-9-25(12-14(26)2)18(27)7-8-21(15-4-5-15)19(28)23-20(29)24-21/h3,6,11,14-15H,4-5,7-10,12H2,1-2H3,(H2,23,24,28,29)/t14-,21?/m0/s1. The van der Waals surface area contributed by atoms with E-state index in [2.05, 4.69) is 15.5 Å². The van der Waals surface area contributed by atoms with Crippen molar-refractivity contribution in [3.05, 3.63) is 29.6 Å². The highest BCUT2D eigenvalue weighted by Gasteiger charge is 2.55. The summed E-state index contributed by atoms with van der Waals surface area (Å²) in [4.78, 5) is 40.7. The number of rotatable bonds is 5. The maximum atomic E-state index is 13.9. The smallest absolute Gasteiger partial charge is 0.322 e. The Morgan fingerprint density at radius 1 is 1.28 bits per heavy atom. The summed E-state index contributed by atoms with van der Waals surface area (Å²) in [6, 6.07) is 4.81. The Bertz CT molecular complexity index is 856. The predicted octanol–water partition coefficient (Wildman–Crippen LogP) is 1.94. The Balaban J connectivity index is 1.36. The number of carbonyl (C=O) groups is 3. The van der Waals surface area contributed by atoms with Gasteiger partial charge in [0.2, 0.25) is 5.91 Å². The highest BCUT2D eigenvalue weighted by molar-refractivity contribution is 6.07. The zero-order valence-electron chi connectivity index (χ0n) is 16.8. The average molecular weight is 402 g/mol. The SMILES string of the molecule is Cc1ccc(N2CCN(C(=O)CCC3(C4CC4)NC(=O)NC3=O)C[C@@H]2C)cc1F. The molecule has 1 aromatic rings. The maximum Gasteiger partial charge on any atom is 0.322 e. The largest absolute Gasteiger partial charge is 0.365 e. The number of anilines is 1. The molecular formula is C21H27FN4O3.